The Morgan fingerprint density at radius 1 is 1.64 bits per heavy atom. The van der Waals surface area contributed by atoms with Crippen LogP contribution >= 0.6 is 22.9 Å². The van der Waals surface area contributed by atoms with Crippen LogP contribution in [0.1, 0.15) is 23.5 Å². The molecule has 0 unspecified atom stereocenters. The molecule has 1 aromatic heterocycles. The zero-order valence-electron chi connectivity index (χ0n) is 8.34. The van der Waals surface area contributed by atoms with Crippen molar-refractivity contribution in [2.45, 2.75) is 13.8 Å². The van der Waals surface area contributed by atoms with Crippen LogP contribution in [0.4, 0.5) is 0 Å². The van der Waals surface area contributed by atoms with Crippen molar-refractivity contribution >= 4 is 28.8 Å². The van der Waals surface area contributed by atoms with Gasteiger partial charge in [0.05, 0.1) is 4.88 Å². The Hall–Kier alpha value is -0.540. The molecule has 0 aromatic carbocycles. The SMILES string of the molecule is CC(C)(CCl)CNC(=O)c1cccs1. The summed E-state index contributed by atoms with van der Waals surface area (Å²) in [5.41, 5.74) is -0.0471. The first-order valence-electron chi connectivity index (χ1n) is 4.43. The number of rotatable bonds is 4. The van der Waals surface area contributed by atoms with E-state index in [1.807, 2.05) is 31.4 Å². The van der Waals surface area contributed by atoms with E-state index < -0.39 is 0 Å². The Labute approximate surface area is 93.3 Å². The van der Waals surface area contributed by atoms with E-state index in [4.69, 9.17) is 11.6 Å². The van der Waals surface area contributed by atoms with Gasteiger partial charge in [-0.05, 0) is 16.9 Å². The summed E-state index contributed by atoms with van der Waals surface area (Å²) >= 11 is 7.20. The minimum Gasteiger partial charge on any atom is -0.351 e. The smallest absolute Gasteiger partial charge is 0.261 e. The summed E-state index contributed by atoms with van der Waals surface area (Å²) in [5, 5.41) is 4.75. The van der Waals surface area contributed by atoms with Gasteiger partial charge in [0, 0.05) is 12.4 Å². The molecule has 0 bridgehead atoms. The maximum absolute atomic E-state index is 11.5. The van der Waals surface area contributed by atoms with E-state index in [2.05, 4.69) is 5.32 Å². The van der Waals surface area contributed by atoms with Gasteiger partial charge in [-0.1, -0.05) is 19.9 Å². The maximum atomic E-state index is 11.5. The van der Waals surface area contributed by atoms with Crippen molar-refractivity contribution in [1.82, 2.24) is 5.32 Å². The average Bonchev–Trinajstić information content (AvgIpc) is 2.67. The van der Waals surface area contributed by atoms with E-state index in [9.17, 15) is 4.79 Å². The quantitative estimate of drug-likeness (QED) is 0.794. The van der Waals surface area contributed by atoms with Gasteiger partial charge in [-0.15, -0.1) is 22.9 Å². The predicted octanol–water partition coefficient (Wildman–Crippen LogP) is 2.74. The Morgan fingerprint density at radius 2 is 2.36 bits per heavy atom. The van der Waals surface area contributed by atoms with Crippen LogP contribution in [0.5, 0.6) is 0 Å². The van der Waals surface area contributed by atoms with Gasteiger partial charge in [-0.3, -0.25) is 4.79 Å². The first kappa shape index (κ1) is 11.5. The van der Waals surface area contributed by atoms with Crippen LogP contribution < -0.4 is 5.32 Å². The van der Waals surface area contributed by atoms with Crippen LogP contribution in [-0.4, -0.2) is 18.3 Å². The molecule has 0 aliphatic heterocycles. The average molecular weight is 232 g/mol. The maximum Gasteiger partial charge on any atom is 0.261 e. The summed E-state index contributed by atoms with van der Waals surface area (Å²) in [6, 6.07) is 3.68. The molecule has 0 spiro atoms. The number of carbonyl (C=O) groups excluding carboxylic acids is 1. The number of hydrogen-bond acceptors (Lipinski definition) is 2. The van der Waals surface area contributed by atoms with Crippen LogP contribution in [0.25, 0.3) is 0 Å². The van der Waals surface area contributed by atoms with Gasteiger partial charge in [0.2, 0.25) is 0 Å². The highest BCUT2D eigenvalue weighted by atomic mass is 35.5. The monoisotopic (exact) mass is 231 g/mol. The molecular formula is C10H14ClNOS. The molecule has 0 saturated carbocycles. The Bertz CT molecular complexity index is 295. The van der Waals surface area contributed by atoms with E-state index in [-0.39, 0.29) is 11.3 Å². The van der Waals surface area contributed by atoms with Crippen molar-refractivity contribution in [2.75, 3.05) is 12.4 Å². The zero-order valence-corrected chi connectivity index (χ0v) is 9.91. The van der Waals surface area contributed by atoms with Gasteiger partial charge in [0.15, 0.2) is 0 Å². The molecule has 0 radical (unpaired) electrons. The standard InChI is InChI=1S/C10H14ClNOS/c1-10(2,6-11)7-12-9(13)8-4-3-5-14-8/h3-5H,6-7H2,1-2H3,(H,12,13). The van der Waals surface area contributed by atoms with Gasteiger partial charge < -0.3 is 5.32 Å². The van der Waals surface area contributed by atoms with Crippen molar-refractivity contribution in [3.8, 4) is 0 Å². The highest BCUT2D eigenvalue weighted by Gasteiger charge is 2.17. The summed E-state index contributed by atoms with van der Waals surface area (Å²) in [7, 11) is 0. The molecule has 14 heavy (non-hydrogen) atoms. The molecule has 0 aliphatic carbocycles. The van der Waals surface area contributed by atoms with Crippen LogP contribution in [0.15, 0.2) is 17.5 Å². The minimum atomic E-state index is -0.0471. The van der Waals surface area contributed by atoms with E-state index >= 15 is 0 Å². The third kappa shape index (κ3) is 3.31. The number of hydrogen-bond donors (Lipinski definition) is 1. The summed E-state index contributed by atoms with van der Waals surface area (Å²) in [6.07, 6.45) is 0. The Morgan fingerprint density at radius 3 is 2.86 bits per heavy atom. The van der Waals surface area contributed by atoms with Crippen molar-refractivity contribution in [3.63, 3.8) is 0 Å². The van der Waals surface area contributed by atoms with Crippen LogP contribution in [-0.2, 0) is 0 Å². The summed E-state index contributed by atoms with van der Waals surface area (Å²) in [5.74, 6) is 0.524. The van der Waals surface area contributed by atoms with Crippen molar-refractivity contribution in [2.24, 2.45) is 5.41 Å². The van der Waals surface area contributed by atoms with Gasteiger partial charge in [0.1, 0.15) is 0 Å². The third-order valence-electron chi connectivity index (χ3n) is 1.83. The molecule has 1 aromatic rings. The fourth-order valence-electron chi connectivity index (χ4n) is 0.862. The molecule has 78 valence electrons. The second kappa shape index (κ2) is 4.80. The molecule has 1 N–H and O–H groups in total. The molecule has 0 atom stereocenters. The number of nitrogens with one attached hydrogen (secondary N) is 1. The molecule has 0 saturated heterocycles. The Kier molecular flexibility index (Phi) is 3.96. The largest absolute Gasteiger partial charge is 0.351 e. The highest BCUT2D eigenvalue weighted by Crippen LogP contribution is 2.16. The molecular weight excluding hydrogens is 218 g/mol. The van der Waals surface area contributed by atoms with Crippen LogP contribution in [0.3, 0.4) is 0 Å². The lowest BCUT2D eigenvalue weighted by Gasteiger charge is -2.21. The molecule has 0 aliphatic rings. The van der Waals surface area contributed by atoms with E-state index in [1.165, 1.54) is 11.3 Å². The first-order valence-corrected chi connectivity index (χ1v) is 5.84. The summed E-state index contributed by atoms with van der Waals surface area (Å²) in [4.78, 5) is 12.3. The number of thiophene rings is 1. The number of alkyl halides is 1. The normalized spacial score (nSPS) is 11.4. The molecule has 1 heterocycles. The predicted molar refractivity (Wildman–Crippen MR) is 61.2 cm³/mol. The minimum absolute atomic E-state index is 0.0156. The summed E-state index contributed by atoms with van der Waals surface area (Å²) in [6.45, 7) is 4.65. The van der Waals surface area contributed by atoms with Crippen molar-refractivity contribution in [1.29, 1.82) is 0 Å². The lowest BCUT2D eigenvalue weighted by Crippen LogP contribution is -2.34. The highest BCUT2D eigenvalue weighted by molar-refractivity contribution is 7.12. The third-order valence-corrected chi connectivity index (χ3v) is 3.43. The number of amides is 1. The van der Waals surface area contributed by atoms with E-state index in [0.717, 1.165) is 4.88 Å². The van der Waals surface area contributed by atoms with E-state index in [1.54, 1.807) is 0 Å². The second-order valence-electron chi connectivity index (χ2n) is 3.96. The second-order valence-corrected chi connectivity index (χ2v) is 5.17. The van der Waals surface area contributed by atoms with Gasteiger partial charge in [-0.25, -0.2) is 0 Å². The summed E-state index contributed by atoms with van der Waals surface area (Å²) < 4.78 is 0. The fourth-order valence-corrected chi connectivity index (χ4v) is 1.60. The topological polar surface area (TPSA) is 29.1 Å². The van der Waals surface area contributed by atoms with Gasteiger partial charge >= 0.3 is 0 Å². The van der Waals surface area contributed by atoms with E-state index in [0.29, 0.717) is 12.4 Å². The van der Waals surface area contributed by atoms with Crippen molar-refractivity contribution in [3.05, 3.63) is 22.4 Å². The molecule has 1 rings (SSSR count). The van der Waals surface area contributed by atoms with Crippen LogP contribution in [0.2, 0.25) is 0 Å². The molecule has 4 heteroatoms. The molecule has 1 amide bonds. The van der Waals surface area contributed by atoms with Crippen molar-refractivity contribution < 1.29 is 4.79 Å². The lowest BCUT2D eigenvalue weighted by atomic mass is 9.96. The molecule has 0 fully saturated rings. The number of carbonyl (C=O) groups is 1. The zero-order chi connectivity index (χ0) is 10.6. The van der Waals surface area contributed by atoms with Gasteiger partial charge in [0.25, 0.3) is 5.91 Å². The van der Waals surface area contributed by atoms with Crippen LogP contribution in [0, 0.1) is 5.41 Å². The lowest BCUT2D eigenvalue weighted by molar-refractivity contribution is 0.0944. The van der Waals surface area contributed by atoms with Gasteiger partial charge in [-0.2, -0.15) is 0 Å². The fraction of sp³-hybridized carbons (Fsp3) is 0.500. The Balaban J connectivity index is 2.43. The first-order chi connectivity index (χ1) is 6.55. The number of halogens is 1. The molecule has 2 nitrogen and oxygen atoms in total.